The van der Waals surface area contributed by atoms with Gasteiger partial charge in [0.25, 0.3) is 0 Å². The lowest BCUT2D eigenvalue weighted by Crippen LogP contribution is -2.09. The molecule has 6 heteroatoms. The lowest BCUT2D eigenvalue weighted by Gasteiger charge is -2.08. The molecule has 0 saturated heterocycles. The van der Waals surface area contributed by atoms with Gasteiger partial charge in [-0.2, -0.15) is 0 Å². The Bertz CT molecular complexity index is 462. The summed E-state index contributed by atoms with van der Waals surface area (Å²) in [7, 11) is 1.10. The summed E-state index contributed by atoms with van der Waals surface area (Å²) in [4.78, 5) is 11.1. The van der Waals surface area contributed by atoms with Crippen LogP contribution < -0.4 is 11.1 Å². The minimum atomic E-state index is -1.23. The normalized spacial score (nSPS) is 10.7. The number of benzene rings is 1. The van der Waals surface area contributed by atoms with E-state index >= 15 is 0 Å². The molecule has 98 valence electrons. The predicted molar refractivity (Wildman–Crippen MR) is 64.4 cm³/mol. The molecule has 1 rings (SSSR count). The van der Waals surface area contributed by atoms with Gasteiger partial charge in [0.15, 0.2) is 11.6 Å². The fourth-order valence-electron chi connectivity index (χ4n) is 1.30. The van der Waals surface area contributed by atoms with Crippen molar-refractivity contribution in [1.29, 1.82) is 0 Å². The molecule has 0 atom stereocenters. The second kappa shape index (κ2) is 6.70. The van der Waals surface area contributed by atoms with Crippen LogP contribution in [0.15, 0.2) is 24.3 Å². The number of esters is 1. The van der Waals surface area contributed by atoms with Crippen molar-refractivity contribution in [2.24, 2.45) is 5.73 Å². The Balaban J connectivity index is 2.87. The quantitative estimate of drug-likeness (QED) is 0.621. The SMILES string of the molecule is COC(=O)c1ccc(NC/C=C/CN)c(F)c1F. The highest BCUT2D eigenvalue weighted by atomic mass is 19.2. The van der Waals surface area contributed by atoms with E-state index in [9.17, 15) is 13.6 Å². The van der Waals surface area contributed by atoms with E-state index in [0.29, 0.717) is 13.1 Å². The van der Waals surface area contributed by atoms with E-state index in [1.807, 2.05) is 0 Å². The van der Waals surface area contributed by atoms with E-state index in [0.717, 1.165) is 7.11 Å². The number of carbonyl (C=O) groups excluding carboxylic acids is 1. The summed E-state index contributed by atoms with van der Waals surface area (Å²) < 4.78 is 31.4. The Morgan fingerprint density at radius 1 is 1.39 bits per heavy atom. The molecule has 0 spiro atoms. The second-order valence-electron chi connectivity index (χ2n) is 3.37. The number of nitrogens with two attached hydrogens (primary N) is 1. The minimum Gasteiger partial charge on any atom is -0.465 e. The molecule has 0 saturated carbocycles. The Labute approximate surface area is 103 Å². The third-order valence-electron chi connectivity index (χ3n) is 2.20. The van der Waals surface area contributed by atoms with Crippen molar-refractivity contribution in [2.45, 2.75) is 0 Å². The molecule has 0 amide bonds. The highest BCUT2D eigenvalue weighted by Gasteiger charge is 2.18. The van der Waals surface area contributed by atoms with Crippen LogP contribution in [0.25, 0.3) is 0 Å². The van der Waals surface area contributed by atoms with Gasteiger partial charge >= 0.3 is 5.97 Å². The van der Waals surface area contributed by atoms with Crippen LogP contribution in [-0.2, 0) is 4.74 Å². The summed E-state index contributed by atoms with van der Waals surface area (Å²) in [5, 5.41) is 2.66. The summed E-state index contributed by atoms with van der Waals surface area (Å²) in [6, 6.07) is 2.44. The first kappa shape index (κ1) is 14.1. The van der Waals surface area contributed by atoms with Crippen molar-refractivity contribution in [3.8, 4) is 0 Å². The Hall–Kier alpha value is -1.95. The van der Waals surface area contributed by atoms with E-state index in [1.54, 1.807) is 12.2 Å². The molecule has 1 aromatic rings. The predicted octanol–water partition coefficient (Wildman–Crippen LogP) is 1.68. The fraction of sp³-hybridized carbons (Fsp3) is 0.250. The molecule has 0 aliphatic carbocycles. The van der Waals surface area contributed by atoms with Crippen molar-refractivity contribution in [3.05, 3.63) is 41.5 Å². The Kier molecular flexibility index (Phi) is 5.26. The standard InChI is InChI=1S/C12H14F2N2O2/c1-18-12(17)8-4-5-9(11(14)10(8)13)16-7-3-2-6-15/h2-5,16H,6-7,15H2,1H3/b3-2+. The van der Waals surface area contributed by atoms with Crippen molar-refractivity contribution in [2.75, 3.05) is 25.5 Å². The Morgan fingerprint density at radius 3 is 2.72 bits per heavy atom. The van der Waals surface area contributed by atoms with E-state index in [2.05, 4.69) is 10.1 Å². The van der Waals surface area contributed by atoms with Gasteiger partial charge < -0.3 is 15.8 Å². The van der Waals surface area contributed by atoms with Crippen LogP contribution in [0.5, 0.6) is 0 Å². The van der Waals surface area contributed by atoms with E-state index in [4.69, 9.17) is 5.73 Å². The van der Waals surface area contributed by atoms with Crippen LogP contribution in [0.2, 0.25) is 0 Å². The number of ether oxygens (including phenoxy) is 1. The van der Waals surface area contributed by atoms with Gasteiger partial charge in [-0.1, -0.05) is 12.2 Å². The minimum absolute atomic E-state index is 0.0261. The van der Waals surface area contributed by atoms with E-state index in [-0.39, 0.29) is 5.69 Å². The first-order valence-electron chi connectivity index (χ1n) is 5.27. The molecule has 0 radical (unpaired) electrons. The third-order valence-corrected chi connectivity index (χ3v) is 2.20. The molecule has 0 heterocycles. The van der Waals surface area contributed by atoms with E-state index < -0.39 is 23.2 Å². The number of anilines is 1. The van der Waals surface area contributed by atoms with E-state index in [1.165, 1.54) is 12.1 Å². The summed E-state index contributed by atoms with van der Waals surface area (Å²) in [5.74, 6) is -3.25. The topological polar surface area (TPSA) is 64.3 Å². The maximum absolute atomic E-state index is 13.6. The lowest BCUT2D eigenvalue weighted by atomic mass is 10.2. The summed E-state index contributed by atoms with van der Waals surface area (Å²) >= 11 is 0. The molecule has 0 bridgehead atoms. The number of hydrogen-bond acceptors (Lipinski definition) is 4. The average Bonchev–Trinajstić information content (AvgIpc) is 2.38. The third kappa shape index (κ3) is 3.27. The van der Waals surface area contributed by atoms with Gasteiger partial charge in [0.05, 0.1) is 18.4 Å². The first-order chi connectivity index (χ1) is 8.61. The maximum Gasteiger partial charge on any atom is 0.340 e. The molecule has 1 aromatic carbocycles. The van der Waals surface area contributed by atoms with Crippen molar-refractivity contribution in [1.82, 2.24) is 0 Å². The Morgan fingerprint density at radius 2 is 2.11 bits per heavy atom. The number of methoxy groups -OCH3 is 1. The molecular formula is C12H14F2N2O2. The number of nitrogens with one attached hydrogen (secondary N) is 1. The van der Waals surface area contributed by atoms with Gasteiger partial charge in [0.1, 0.15) is 0 Å². The second-order valence-corrected chi connectivity index (χ2v) is 3.37. The van der Waals surface area contributed by atoms with Crippen LogP contribution >= 0.6 is 0 Å². The highest BCUT2D eigenvalue weighted by molar-refractivity contribution is 5.90. The molecule has 0 aliphatic rings. The van der Waals surface area contributed by atoms with Gasteiger partial charge in [-0.05, 0) is 12.1 Å². The van der Waals surface area contributed by atoms with Crippen molar-refractivity contribution < 1.29 is 18.3 Å². The van der Waals surface area contributed by atoms with Crippen LogP contribution in [-0.4, -0.2) is 26.2 Å². The summed E-state index contributed by atoms with van der Waals surface area (Å²) in [5.41, 5.74) is 4.77. The zero-order chi connectivity index (χ0) is 13.5. The van der Waals surface area contributed by atoms with Crippen LogP contribution in [0, 0.1) is 11.6 Å². The highest BCUT2D eigenvalue weighted by Crippen LogP contribution is 2.21. The monoisotopic (exact) mass is 256 g/mol. The molecular weight excluding hydrogens is 242 g/mol. The smallest absolute Gasteiger partial charge is 0.340 e. The molecule has 0 fully saturated rings. The molecule has 0 aromatic heterocycles. The lowest BCUT2D eigenvalue weighted by molar-refractivity contribution is 0.0594. The van der Waals surface area contributed by atoms with Crippen molar-refractivity contribution >= 4 is 11.7 Å². The molecule has 0 aliphatic heterocycles. The number of hydrogen-bond donors (Lipinski definition) is 2. The zero-order valence-electron chi connectivity index (χ0n) is 9.87. The van der Waals surface area contributed by atoms with Gasteiger partial charge in [-0.3, -0.25) is 0 Å². The largest absolute Gasteiger partial charge is 0.465 e. The van der Waals surface area contributed by atoms with Crippen LogP contribution in [0.1, 0.15) is 10.4 Å². The van der Waals surface area contributed by atoms with Crippen molar-refractivity contribution in [3.63, 3.8) is 0 Å². The number of carbonyl (C=O) groups is 1. The van der Waals surface area contributed by atoms with Crippen LogP contribution in [0.4, 0.5) is 14.5 Å². The number of rotatable bonds is 5. The van der Waals surface area contributed by atoms with Gasteiger partial charge in [-0.15, -0.1) is 0 Å². The summed E-state index contributed by atoms with van der Waals surface area (Å²) in [6.07, 6.45) is 3.37. The van der Waals surface area contributed by atoms with Gasteiger partial charge in [0.2, 0.25) is 0 Å². The summed E-state index contributed by atoms with van der Waals surface area (Å²) in [6.45, 7) is 0.685. The fourth-order valence-corrected chi connectivity index (χ4v) is 1.30. The molecule has 0 unspecified atom stereocenters. The first-order valence-corrected chi connectivity index (χ1v) is 5.27. The molecule has 3 N–H and O–H groups in total. The average molecular weight is 256 g/mol. The zero-order valence-corrected chi connectivity index (χ0v) is 9.87. The molecule has 4 nitrogen and oxygen atoms in total. The number of halogens is 2. The van der Waals surface area contributed by atoms with Gasteiger partial charge in [-0.25, -0.2) is 13.6 Å². The maximum atomic E-state index is 13.6. The van der Waals surface area contributed by atoms with Crippen LogP contribution in [0.3, 0.4) is 0 Å². The van der Waals surface area contributed by atoms with Gasteiger partial charge in [0, 0.05) is 13.1 Å². The molecule has 18 heavy (non-hydrogen) atoms.